The summed E-state index contributed by atoms with van der Waals surface area (Å²) in [5.74, 6) is -0.134. The molecule has 3 rings (SSSR count). The van der Waals surface area contributed by atoms with Gasteiger partial charge in [0.05, 0.1) is 15.2 Å². The lowest BCUT2D eigenvalue weighted by Crippen LogP contribution is -2.01. The molecule has 0 aliphatic rings. The Balaban J connectivity index is 1.82. The predicted octanol–water partition coefficient (Wildman–Crippen LogP) is 5.32. The molecule has 0 saturated heterocycles. The summed E-state index contributed by atoms with van der Waals surface area (Å²) < 4.78 is 14.6. The summed E-state index contributed by atoms with van der Waals surface area (Å²) in [5.41, 5.74) is 3.26. The SMILES string of the molecule is Cc1cc(CNc2nc3cccc(Cl)c3s2)cc(C)c1F. The zero-order valence-corrected chi connectivity index (χ0v) is 13.3. The van der Waals surface area contributed by atoms with Gasteiger partial charge in [0.25, 0.3) is 0 Å². The van der Waals surface area contributed by atoms with E-state index in [4.69, 9.17) is 11.6 Å². The van der Waals surface area contributed by atoms with Gasteiger partial charge in [-0.2, -0.15) is 0 Å². The van der Waals surface area contributed by atoms with Gasteiger partial charge in [0.2, 0.25) is 0 Å². The van der Waals surface area contributed by atoms with Gasteiger partial charge < -0.3 is 5.32 Å². The van der Waals surface area contributed by atoms with Gasteiger partial charge in [0, 0.05) is 6.54 Å². The van der Waals surface area contributed by atoms with Gasteiger partial charge in [0.15, 0.2) is 5.13 Å². The maximum absolute atomic E-state index is 13.6. The number of fused-ring (bicyclic) bond motifs is 1. The Morgan fingerprint density at radius 1 is 1.24 bits per heavy atom. The number of rotatable bonds is 3. The van der Waals surface area contributed by atoms with Crippen LogP contribution in [0.1, 0.15) is 16.7 Å². The van der Waals surface area contributed by atoms with Crippen LogP contribution in [-0.4, -0.2) is 4.98 Å². The first kappa shape index (κ1) is 14.3. The first-order valence-corrected chi connectivity index (χ1v) is 7.78. The number of nitrogens with one attached hydrogen (secondary N) is 1. The minimum absolute atomic E-state index is 0.134. The summed E-state index contributed by atoms with van der Waals surface area (Å²) in [5, 5.41) is 4.81. The summed E-state index contributed by atoms with van der Waals surface area (Å²) in [6.45, 7) is 4.17. The number of nitrogens with zero attached hydrogens (tertiary/aromatic N) is 1. The van der Waals surface area contributed by atoms with Crippen molar-refractivity contribution in [2.45, 2.75) is 20.4 Å². The maximum atomic E-state index is 13.6. The molecule has 0 saturated carbocycles. The van der Waals surface area contributed by atoms with Gasteiger partial charge in [-0.1, -0.05) is 41.1 Å². The topological polar surface area (TPSA) is 24.9 Å². The second-order valence-electron chi connectivity index (χ2n) is 5.00. The third-order valence-corrected chi connectivity index (χ3v) is 4.80. The van der Waals surface area contributed by atoms with E-state index in [0.29, 0.717) is 22.7 Å². The average molecular weight is 321 g/mol. The van der Waals surface area contributed by atoms with Crippen LogP contribution in [0.2, 0.25) is 5.02 Å². The summed E-state index contributed by atoms with van der Waals surface area (Å²) in [7, 11) is 0. The average Bonchev–Trinajstić information content (AvgIpc) is 2.87. The zero-order chi connectivity index (χ0) is 15.0. The third kappa shape index (κ3) is 2.87. The van der Waals surface area contributed by atoms with Crippen LogP contribution in [0.3, 0.4) is 0 Å². The van der Waals surface area contributed by atoms with Crippen molar-refractivity contribution in [3.8, 4) is 0 Å². The fourth-order valence-corrected chi connectivity index (χ4v) is 3.46. The molecular formula is C16H14ClFN2S. The van der Waals surface area contributed by atoms with Gasteiger partial charge in [0.1, 0.15) is 5.82 Å². The summed E-state index contributed by atoms with van der Waals surface area (Å²) in [6, 6.07) is 9.40. The van der Waals surface area contributed by atoms with E-state index in [1.165, 1.54) is 11.3 Å². The minimum Gasteiger partial charge on any atom is -0.357 e. The highest BCUT2D eigenvalue weighted by molar-refractivity contribution is 7.22. The van der Waals surface area contributed by atoms with Crippen molar-refractivity contribution in [1.82, 2.24) is 4.98 Å². The molecule has 0 aliphatic carbocycles. The fourth-order valence-electron chi connectivity index (χ4n) is 2.31. The predicted molar refractivity (Wildman–Crippen MR) is 87.8 cm³/mol. The molecule has 3 aromatic rings. The van der Waals surface area contributed by atoms with Gasteiger partial charge in [-0.15, -0.1) is 0 Å². The molecule has 0 bridgehead atoms. The lowest BCUT2D eigenvalue weighted by Gasteiger charge is -2.07. The number of anilines is 1. The molecule has 0 unspecified atom stereocenters. The van der Waals surface area contributed by atoms with Crippen LogP contribution in [0.15, 0.2) is 30.3 Å². The van der Waals surface area contributed by atoms with Gasteiger partial charge in [-0.3, -0.25) is 0 Å². The molecule has 21 heavy (non-hydrogen) atoms. The van der Waals surface area contributed by atoms with Gasteiger partial charge in [-0.05, 0) is 42.7 Å². The van der Waals surface area contributed by atoms with Crippen LogP contribution in [0.25, 0.3) is 10.2 Å². The number of benzene rings is 2. The molecule has 0 amide bonds. The number of aryl methyl sites for hydroxylation is 2. The van der Waals surface area contributed by atoms with Crippen LogP contribution in [0, 0.1) is 19.7 Å². The minimum atomic E-state index is -0.134. The lowest BCUT2D eigenvalue weighted by molar-refractivity contribution is 0.608. The van der Waals surface area contributed by atoms with Crippen LogP contribution in [0.4, 0.5) is 9.52 Å². The highest BCUT2D eigenvalue weighted by Gasteiger charge is 2.08. The highest BCUT2D eigenvalue weighted by Crippen LogP contribution is 2.32. The Bertz CT molecular complexity index is 790. The van der Waals surface area contributed by atoms with Crippen molar-refractivity contribution >= 4 is 38.3 Å². The van der Waals surface area contributed by atoms with E-state index in [2.05, 4.69) is 10.3 Å². The molecule has 2 aromatic carbocycles. The maximum Gasteiger partial charge on any atom is 0.184 e. The number of halogens is 2. The molecule has 0 atom stereocenters. The molecule has 5 heteroatoms. The van der Waals surface area contributed by atoms with E-state index in [0.717, 1.165) is 20.9 Å². The third-order valence-electron chi connectivity index (χ3n) is 3.31. The molecule has 0 fully saturated rings. The molecule has 108 valence electrons. The fraction of sp³-hybridized carbons (Fsp3) is 0.188. The number of hydrogen-bond acceptors (Lipinski definition) is 3. The molecule has 1 aromatic heterocycles. The molecule has 1 heterocycles. The van der Waals surface area contributed by atoms with Crippen LogP contribution in [-0.2, 0) is 6.54 Å². The smallest absolute Gasteiger partial charge is 0.184 e. The number of thiazole rings is 1. The van der Waals surface area contributed by atoms with Crippen molar-refractivity contribution in [3.05, 3.63) is 57.9 Å². The van der Waals surface area contributed by atoms with Crippen molar-refractivity contribution < 1.29 is 4.39 Å². The van der Waals surface area contributed by atoms with E-state index in [1.54, 1.807) is 13.8 Å². The normalized spacial score (nSPS) is 11.0. The summed E-state index contributed by atoms with van der Waals surface area (Å²) in [4.78, 5) is 4.50. The molecule has 0 radical (unpaired) electrons. The standard InChI is InChI=1S/C16H14ClFN2S/c1-9-6-11(7-10(2)14(9)18)8-19-16-20-13-5-3-4-12(17)15(13)21-16/h3-7H,8H2,1-2H3,(H,19,20). The monoisotopic (exact) mass is 320 g/mol. The molecular weight excluding hydrogens is 307 g/mol. The Morgan fingerprint density at radius 2 is 1.95 bits per heavy atom. The van der Waals surface area contributed by atoms with E-state index >= 15 is 0 Å². The first-order chi connectivity index (χ1) is 10.0. The van der Waals surface area contributed by atoms with E-state index < -0.39 is 0 Å². The van der Waals surface area contributed by atoms with E-state index in [1.807, 2.05) is 30.3 Å². The Morgan fingerprint density at radius 3 is 2.62 bits per heavy atom. The lowest BCUT2D eigenvalue weighted by atomic mass is 10.1. The van der Waals surface area contributed by atoms with Crippen molar-refractivity contribution in [2.24, 2.45) is 0 Å². The number of aromatic nitrogens is 1. The zero-order valence-electron chi connectivity index (χ0n) is 11.7. The van der Waals surface area contributed by atoms with Crippen LogP contribution in [0.5, 0.6) is 0 Å². The van der Waals surface area contributed by atoms with E-state index in [-0.39, 0.29) is 5.82 Å². The summed E-state index contributed by atoms with van der Waals surface area (Å²) >= 11 is 7.67. The molecule has 2 nitrogen and oxygen atoms in total. The highest BCUT2D eigenvalue weighted by atomic mass is 35.5. The second kappa shape index (κ2) is 5.62. The summed E-state index contributed by atoms with van der Waals surface area (Å²) in [6.07, 6.45) is 0. The van der Waals surface area contributed by atoms with Crippen LogP contribution >= 0.6 is 22.9 Å². The van der Waals surface area contributed by atoms with Crippen molar-refractivity contribution in [1.29, 1.82) is 0 Å². The van der Waals surface area contributed by atoms with Crippen molar-refractivity contribution in [2.75, 3.05) is 5.32 Å². The second-order valence-corrected chi connectivity index (χ2v) is 6.41. The quantitative estimate of drug-likeness (QED) is 0.706. The largest absolute Gasteiger partial charge is 0.357 e. The molecule has 1 N–H and O–H groups in total. The van der Waals surface area contributed by atoms with Crippen LogP contribution < -0.4 is 5.32 Å². The molecule has 0 spiro atoms. The molecule has 0 aliphatic heterocycles. The van der Waals surface area contributed by atoms with E-state index in [9.17, 15) is 4.39 Å². The number of hydrogen-bond donors (Lipinski definition) is 1. The Labute approximate surface area is 131 Å². The first-order valence-electron chi connectivity index (χ1n) is 6.59. The van der Waals surface area contributed by atoms with Crippen molar-refractivity contribution in [3.63, 3.8) is 0 Å². The Hall–Kier alpha value is -1.65. The van der Waals surface area contributed by atoms with Gasteiger partial charge in [-0.25, -0.2) is 9.37 Å². The Kier molecular flexibility index (Phi) is 3.83. The van der Waals surface area contributed by atoms with Gasteiger partial charge >= 0.3 is 0 Å².